The SMILES string of the molecule is CN(C)CCOc1cc(-c2ccncc2)ccc1NC(=O)C1COc2ccccc2O1. The minimum absolute atomic E-state index is 0.148. The zero-order chi connectivity index (χ0) is 21.6. The van der Waals surface area contributed by atoms with Gasteiger partial charge in [0.25, 0.3) is 5.91 Å². The van der Waals surface area contributed by atoms with Gasteiger partial charge < -0.3 is 24.4 Å². The van der Waals surface area contributed by atoms with Crippen LogP contribution in [0.1, 0.15) is 0 Å². The summed E-state index contributed by atoms with van der Waals surface area (Å²) in [5.41, 5.74) is 2.58. The molecule has 0 spiro atoms. The topological polar surface area (TPSA) is 72.9 Å². The van der Waals surface area contributed by atoms with E-state index in [0.29, 0.717) is 29.5 Å². The summed E-state index contributed by atoms with van der Waals surface area (Å²) in [7, 11) is 3.97. The number of carbonyl (C=O) groups excluding carboxylic acids is 1. The van der Waals surface area contributed by atoms with Gasteiger partial charge in [-0.05, 0) is 61.6 Å². The van der Waals surface area contributed by atoms with Crippen LogP contribution in [0.25, 0.3) is 11.1 Å². The van der Waals surface area contributed by atoms with E-state index in [1.807, 2.05) is 67.5 Å². The third-order valence-electron chi connectivity index (χ3n) is 4.85. The second kappa shape index (κ2) is 9.49. The molecule has 1 aliphatic heterocycles. The Morgan fingerprint density at radius 2 is 1.87 bits per heavy atom. The molecule has 1 N–H and O–H groups in total. The Labute approximate surface area is 181 Å². The predicted molar refractivity (Wildman–Crippen MR) is 119 cm³/mol. The number of ether oxygens (including phenoxy) is 3. The average Bonchev–Trinajstić information content (AvgIpc) is 2.80. The molecule has 2 heterocycles. The third-order valence-corrected chi connectivity index (χ3v) is 4.85. The number of nitrogens with one attached hydrogen (secondary N) is 1. The van der Waals surface area contributed by atoms with Crippen molar-refractivity contribution >= 4 is 11.6 Å². The molecule has 0 bridgehead atoms. The fourth-order valence-electron chi connectivity index (χ4n) is 3.17. The van der Waals surface area contributed by atoms with Crippen molar-refractivity contribution in [2.24, 2.45) is 0 Å². The first-order valence-corrected chi connectivity index (χ1v) is 10.1. The average molecular weight is 419 g/mol. The first-order chi connectivity index (χ1) is 15.1. The summed E-state index contributed by atoms with van der Waals surface area (Å²) in [5.74, 6) is 1.51. The first kappa shape index (κ1) is 20.7. The van der Waals surface area contributed by atoms with Crippen LogP contribution in [0, 0.1) is 0 Å². The Hall–Kier alpha value is -3.58. The van der Waals surface area contributed by atoms with Gasteiger partial charge >= 0.3 is 0 Å². The lowest BCUT2D eigenvalue weighted by Crippen LogP contribution is -2.40. The number of hydrogen-bond acceptors (Lipinski definition) is 6. The maximum absolute atomic E-state index is 12.9. The number of benzene rings is 2. The molecular weight excluding hydrogens is 394 g/mol. The van der Waals surface area contributed by atoms with Crippen molar-refractivity contribution in [1.29, 1.82) is 0 Å². The summed E-state index contributed by atoms with van der Waals surface area (Å²) in [6.07, 6.45) is 2.75. The minimum Gasteiger partial charge on any atom is -0.490 e. The van der Waals surface area contributed by atoms with Crippen molar-refractivity contribution in [3.63, 3.8) is 0 Å². The Morgan fingerprint density at radius 1 is 1.10 bits per heavy atom. The number of para-hydroxylation sites is 2. The first-order valence-electron chi connectivity index (χ1n) is 10.1. The number of aromatic nitrogens is 1. The van der Waals surface area contributed by atoms with E-state index in [-0.39, 0.29) is 12.5 Å². The Kier molecular flexibility index (Phi) is 6.33. The lowest BCUT2D eigenvalue weighted by Gasteiger charge is -2.26. The van der Waals surface area contributed by atoms with Crippen molar-refractivity contribution in [1.82, 2.24) is 9.88 Å². The monoisotopic (exact) mass is 419 g/mol. The number of pyridine rings is 1. The van der Waals surface area contributed by atoms with Crippen LogP contribution in [-0.2, 0) is 4.79 Å². The number of amides is 1. The molecule has 4 rings (SSSR count). The fourth-order valence-corrected chi connectivity index (χ4v) is 3.17. The highest BCUT2D eigenvalue weighted by Gasteiger charge is 2.28. The van der Waals surface area contributed by atoms with Crippen LogP contribution in [0.2, 0.25) is 0 Å². The normalized spacial score (nSPS) is 14.9. The van der Waals surface area contributed by atoms with Gasteiger partial charge in [0, 0.05) is 18.9 Å². The van der Waals surface area contributed by atoms with Crippen molar-refractivity contribution in [3.05, 3.63) is 67.0 Å². The van der Waals surface area contributed by atoms with Gasteiger partial charge in [0.1, 0.15) is 19.0 Å². The molecule has 0 aliphatic carbocycles. The van der Waals surface area contributed by atoms with Crippen LogP contribution in [0.15, 0.2) is 67.0 Å². The lowest BCUT2D eigenvalue weighted by atomic mass is 10.1. The van der Waals surface area contributed by atoms with Gasteiger partial charge in [0.15, 0.2) is 11.5 Å². The summed E-state index contributed by atoms with van der Waals surface area (Å²) in [5, 5.41) is 2.93. The fraction of sp³-hybridized carbons (Fsp3) is 0.250. The molecule has 1 aromatic heterocycles. The second-order valence-corrected chi connectivity index (χ2v) is 7.45. The van der Waals surface area contributed by atoms with Gasteiger partial charge in [0.05, 0.1) is 5.69 Å². The van der Waals surface area contributed by atoms with Gasteiger partial charge in [-0.15, -0.1) is 0 Å². The Morgan fingerprint density at radius 3 is 2.65 bits per heavy atom. The molecule has 1 unspecified atom stereocenters. The number of rotatable bonds is 7. The van der Waals surface area contributed by atoms with E-state index in [2.05, 4.69) is 10.3 Å². The molecule has 1 aliphatic rings. The van der Waals surface area contributed by atoms with Crippen LogP contribution in [-0.4, -0.2) is 55.7 Å². The Balaban J connectivity index is 1.52. The molecular formula is C24H25N3O4. The number of nitrogens with zero attached hydrogens (tertiary/aromatic N) is 2. The maximum Gasteiger partial charge on any atom is 0.269 e. The van der Waals surface area contributed by atoms with Crippen LogP contribution in [0.5, 0.6) is 17.2 Å². The standard InChI is InChI=1S/C24H25N3O4/c1-27(2)13-14-29-22-15-18(17-9-11-25-12-10-17)7-8-19(22)26-24(28)23-16-30-20-5-3-4-6-21(20)31-23/h3-12,15,23H,13-14,16H2,1-2H3,(H,26,28). The largest absolute Gasteiger partial charge is 0.490 e. The van der Waals surface area contributed by atoms with Crippen molar-refractivity contribution in [3.8, 4) is 28.4 Å². The van der Waals surface area contributed by atoms with E-state index >= 15 is 0 Å². The van der Waals surface area contributed by atoms with Crippen LogP contribution >= 0.6 is 0 Å². The van der Waals surface area contributed by atoms with E-state index in [9.17, 15) is 4.79 Å². The summed E-state index contributed by atoms with van der Waals surface area (Å²) in [6.45, 7) is 1.39. The summed E-state index contributed by atoms with van der Waals surface area (Å²) in [4.78, 5) is 19.0. The van der Waals surface area contributed by atoms with Gasteiger partial charge in [-0.2, -0.15) is 0 Å². The van der Waals surface area contributed by atoms with E-state index in [1.165, 1.54) is 0 Å². The number of anilines is 1. The summed E-state index contributed by atoms with van der Waals surface area (Å²) < 4.78 is 17.5. The molecule has 3 aromatic rings. The molecule has 0 saturated heterocycles. The zero-order valence-electron chi connectivity index (χ0n) is 17.6. The molecule has 0 saturated carbocycles. The predicted octanol–water partition coefficient (Wildman–Crippen LogP) is 3.47. The number of likely N-dealkylation sites (N-methyl/N-ethyl adjacent to an activating group) is 1. The maximum atomic E-state index is 12.9. The smallest absolute Gasteiger partial charge is 0.269 e. The molecule has 0 fully saturated rings. The lowest BCUT2D eigenvalue weighted by molar-refractivity contribution is -0.125. The van der Waals surface area contributed by atoms with Crippen LogP contribution < -0.4 is 19.5 Å². The van der Waals surface area contributed by atoms with E-state index < -0.39 is 6.10 Å². The van der Waals surface area contributed by atoms with Crippen molar-refractivity contribution < 1.29 is 19.0 Å². The highest BCUT2D eigenvalue weighted by atomic mass is 16.6. The molecule has 2 aromatic carbocycles. The third kappa shape index (κ3) is 5.13. The molecule has 1 amide bonds. The highest BCUT2D eigenvalue weighted by molar-refractivity contribution is 5.96. The van der Waals surface area contributed by atoms with Crippen LogP contribution in [0.3, 0.4) is 0 Å². The van der Waals surface area contributed by atoms with Gasteiger partial charge in [-0.3, -0.25) is 9.78 Å². The molecule has 7 nitrogen and oxygen atoms in total. The van der Waals surface area contributed by atoms with Crippen molar-refractivity contribution in [2.45, 2.75) is 6.10 Å². The number of hydrogen-bond donors (Lipinski definition) is 1. The van der Waals surface area contributed by atoms with Gasteiger partial charge in [0.2, 0.25) is 6.10 Å². The van der Waals surface area contributed by atoms with E-state index in [4.69, 9.17) is 14.2 Å². The minimum atomic E-state index is -0.746. The number of fused-ring (bicyclic) bond motifs is 1. The summed E-state index contributed by atoms with van der Waals surface area (Å²) in [6, 6.07) is 16.9. The number of carbonyl (C=O) groups is 1. The van der Waals surface area contributed by atoms with E-state index in [0.717, 1.165) is 17.7 Å². The van der Waals surface area contributed by atoms with Gasteiger partial charge in [-0.1, -0.05) is 18.2 Å². The Bertz CT molecular complexity index is 1040. The molecule has 7 heteroatoms. The zero-order valence-corrected chi connectivity index (χ0v) is 17.6. The molecule has 1 atom stereocenters. The van der Waals surface area contributed by atoms with Crippen molar-refractivity contribution in [2.75, 3.05) is 39.2 Å². The summed E-state index contributed by atoms with van der Waals surface area (Å²) >= 11 is 0. The quantitative estimate of drug-likeness (QED) is 0.632. The highest BCUT2D eigenvalue weighted by Crippen LogP contribution is 2.33. The molecule has 31 heavy (non-hydrogen) atoms. The van der Waals surface area contributed by atoms with Crippen LogP contribution in [0.4, 0.5) is 5.69 Å². The van der Waals surface area contributed by atoms with E-state index in [1.54, 1.807) is 18.5 Å². The molecule has 160 valence electrons. The van der Waals surface area contributed by atoms with Gasteiger partial charge in [-0.25, -0.2) is 0 Å². The molecule has 0 radical (unpaired) electrons. The second-order valence-electron chi connectivity index (χ2n) is 7.45.